The molecule has 0 saturated heterocycles. The van der Waals surface area contributed by atoms with E-state index in [0.717, 1.165) is 12.3 Å². The molecule has 2 saturated carbocycles. The van der Waals surface area contributed by atoms with Gasteiger partial charge in [0.25, 0.3) is 0 Å². The summed E-state index contributed by atoms with van der Waals surface area (Å²) in [7, 11) is 0. The summed E-state index contributed by atoms with van der Waals surface area (Å²) >= 11 is 0. The van der Waals surface area contributed by atoms with E-state index in [0.29, 0.717) is 17.3 Å². The van der Waals surface area contributed by atoms with Crippen LogP contribution in [0.3, 0.4) is 0 Å². The van der Waals surface area contributed by atoms with Crippen LogP contribution in [0, 0.1) is 45.3 Å². The van der Waals surface area contributed by atoms with E-state index in [4.69, 9.17) is 0 Å². The monoisotopic (exact) mass is 309 g/mol. The molecule has 0 aromatic rings. The summed E-state index contributed by atoms with van der Waals surface area (Å²) in [4.78, 5) is 0. The second-order valence-corrected chi connectivity index (χ2v) is 9.51. The molecule has 4 aliphatic rings. The van der Waals surface area contributed by atoms with Crippen LogP contribution in [0.25, 0.3) is 0 Å². The van der Waals surface area contributed by atoms with Crippen LogP contribution >= 0.6 is 0 Å². The fraction of sp³-hybridized carbons (Fsp3) is 0.773. The molecule has 1 heteroatoms. The summed E-state index contributed by atoms with van der Waals surface area (Å²) in [6.07, 6.45) is 14.0. The van der Waals surface area contributed by atoms with E-state index in [9.17, 15) is 5.26 Å². The largest absolute Gasteiger partial charge is 0.198 e. The van der Waals surface area contributed by atoms with Crippen LogP contribution < -0.4 is 0 Å². The molecule has 1 nitrogen and oxygen atoms in total. The Balaban J connectivity index is 1.80. The molecule has 0 aromatic heterocycles. The highest BCUT2D eigenvalue weighted by molar-refractivity contribution is 5.42. The number of allylic oxidation sites excluding steroid dienone is 4. The molecular weight excluding hydrogens is 278 g/mol. The van der Waals surface area contributed by atoms with E-state index >= 15 is 0 Å². The van der Waals surface area contributed by atoms with Crippen molar-refractivity contribution in [1.29, 1.82) is 5.26 Å². The Morgan fingerprint density at radius 2 is 1.83 bits per heavy atom. The van der Waals surface area contributed by atoms with Crippen LogP contribution in [0.2, 0.25) is 0 Å². The predicted molar refractivity (Wildman–Crippen MR) is 94.6 cm³/mol. The molecule has 0 amide bonds. The van der Waals surface area contributed by atoms with Gasteiger partial charge in [-0.25, -0.2) is 0 Å². The van der Waals surface area contributed by atoms with Gasteiger partial charge in [0.1, 0.15) is 0 Å². The van der Waals surface area contributed by atoms with E-state index in [1.807, 2.05) is 0 Å². The molecule has 4 aliphatic carbocycles. The molecule has 4 rings (SSSR count). The normalized spacial score (nSPS) is 51.7. The summed E-state index contributed by atoms with van der Waals surface area (Å²) in [6.45, 7) is 9.56. The third-order valence-electron chi connectivity index (χ3n) is 8.73. The van der Waals surface area contributed by atoms with Gasteiger partial charge < -0.3 is 0 Å². The molecule has 23 heavy (non-hydrogen) atoms. The third kappa shape index (κ3) is 1.79. The lowest BCUT2D eigenvalue weighted by molar-refractivity contribution is -0.0297. The maximum Gasteiger partial charge on any atom is 0.0692 e. The zero-order valence-electron chi connectivity index (χ0n) is 15.3. The summed E-state index contributed by atoms with van der Waals surface area (Å²) < 4.78 is 0. The van der Waals surface area contributed by atoms with Crippen molar-refractivity contribution in [2.75, 3.05) is 0 Å². The molecule has 0 heterocycles. The molecule has 0 bridgehead atoms. The Labute approximate surface area is 141 Å². The highest BCUT2D eigenvalue weighted by atomic mass is 14.7. The van der Waals surface area contributed by atoms with Crippen molar-refractivity contribution in [2.45, 2.75) is 72.6 Å². The molecule has 124 valence electrons. The Morgan fingerprint density at radius 3 is 2.57 bits per heavy atom. The van der Waals surface area contributed by atoms with Gasteiger partial charge in [0, 0.05) is 0 Å². The maximum atomic E-state index is 9.84. The highest BCUT2D eigenvalue weighted by Gasteiger charge is 2.62. The summed E-state index contributed by atoms with van der Waals surface area (Å²) in [5.74, 6) is 2.21. The van der Waals surface area contributed by atoms with Crippen LogP contribution in [-0.2, 0) is 0 Å². The van der Waals surface area contributed by atoms with Gasteiger partial charge in [0.2, 0.25) is 0 Å². The van der Waals surface area contributed by atoms with E-state index in [-0.39, 0.29) is 10.8 Å². The highest BCUT2D eigenvalue weighted by Crippen LogP contribution is 2.69. The minimum absolute atomic E-state index is 0.117. The molecule has 0 spiro atoms. The van der Waals surface area contributed by atoms with Gasteiger partial charge >= 0.3 is 0 Å². The minimum Gasteiger partial charge on any atom is -0.198 e. The van der Waals surface area contributed by atoms with Crippen molar-refractivity contribution < 1.29 is 0 Å². The van der Waals surface area contributed by atoms with Crippen molar-refractivity contribution in [1.82, 2.24) is 0 Å². The van der Waals surface area contributed by atoms with Gasteiger partial charge in [0.05, 0.1) is 11.5 Å². The minimum atomic E-state index is -0.117. The average Bonchev–Trinajstić information content (AvgIpc) is 2.80. The maximum absolute atomic E-state index is 9.84. The first-order valence-electron chi connectivity index (χ1n) is 9.66. The molecule has 0 radical (unpaired) electrons. The van der Waals surface area contributed by atoms with Gasteiger partial charge in [-0.3, -0.25) is 0 Å². The van der Waals surface area contributed by atoms with Gasteiger partial charge in [-0.15, -0.1) is 0 Å². The molecule has 6 atom stereocenters. The van der Waals surface area contributed by atoms with Crippen molar-refractivity contribution in [3.63, 3.8) is 0 Å². The van der Waals surface area contributed by atoms with E-state index in [1.165, 1.54) is 38.5 Å². The van der Waals surface area contributed by atoms with Gasteiger partial charge in [-0.05, 0) is 93.0 Å². The second kappa shape index (κ2) is 4.75. The SMILES string of the molecule is CC1=C[C@@H]2[C@H](CC[C@@]3(C)[C@H]2CC[C@]3(C)C#N)[C@@]2(C)CCCC=C12. The van der Waals surface area contributed by atoms with Crippen LogP contribution in [-0.4, -0.2) is 0 Å². The lowest BCUT2D eigenvalue weighted by atomic mass is 9.46. The summed E-state index contributed by atoms with van der Waals surface area (Å²) in [6, 6.07) is 2.72. The van der Waals surface area contributed by atoms with E-state index in [1.54, 1.807) is 11.1 Å². The predicted octanol–water partition coefficient (Wildman–Crippen LogP) is 6.04. The number of rotatable bonds is 0. The van der Waals surface area contributed by atoms with Crippen molar-refractivity contribution in [2.24, 2.45) is 34.0 Å². The zero-order chi connectivity index (χ0) is 16.5. The lowest BCUT2D eigenvalue weighted by Crippen LogP contribution is -2.50. The van der Waals surface area contributed by atoms with Crippen LogP contribution in [0.4, 0.5) is 0 Å². The van der Waals surface area contributed by atoms with Crippen molar-refractivity contribution >= 4 is 0 Å². The first-order chi connectivity index (χ1) is 10.9. The fourth-order valence-electron chi connectivity index (χ4n) is 7.08. The topological polar surface area (TPSA) is 23.8 Å². The smallest absolute Gasteiger partial charge is 0.0692 e. The van der Waals surface area contributed by atoms with Crippen LogP contribution in [0.1, 0.15) is 72.6 Å². The van der Waals surface area contributed by atoms with Crippen LogP contribution in [0.15, 0.2) is 23.3 Å². The molecule has 0 unspecified atom stereocenters. The second-order valence-electron chi connectivity index (χ2n) is 9.51. The van der Waals surface area contributed by atoms with Gasteiger partial charge in [-0.2, -0.15) is 5.26 Å². The van der Waals surface area contributed by atoms with Crippen molar-refractivity contribution in [3.8, 4) is 6.07 Å². The quantitative estimate of drug-likeness (QED) is 0.535. The van der Waals surface area contributed by atoms with Gasteiger partial charge in [0.15, 0.2) is 0 Å². The molecule has 0 aromatic carbocycles. The number of nitriles is 1. The van der Waals surface area contributed by atoms with Crippen molar-refractivity contribution in [3.05, 3.63) is 23.3 Å². The zero-order valence-corrected chi connectivity index (χ0v) is 15.3. The molecule has 2 fully saturated rings. The van der Waals surface area contributed by atoms with Gasteiger partial charge in [-0.1, -0.05) is 31.6 Å². The Kier molecular flexibility index (Phi) is 3.20. The number of fused-ring (bicyclic) bond motifs is 5. The standard InChI is InChI=1S/C22H31N/c1-15-13-16-18(21(3)10-6-5-7-17(15)21)9-12-22(4)19(16)8-11-20(22,2)14-23/h7,13,16,18-19H,5-6,8-12H2,1-4H3/t16-,18+,19+,20-,21+,22+/m1/s1. The number of hydrogen-bond donors (Lipinski definition) is 0. The number of nitrogens with zero attached hydrogens (tertiary/aromatic N) is 1. The molecular formula is C22H31N. The first kappa shape index (κ1) is 15.5. The molecule has 0 N–H and O–H groups in total. The van der Waals surface area contributed by atoms with Crippen LogP contribution in [0.5, 0.6) is 0 Å². The van der Waals surface area contributed by atoms with E-state index in [2.05, 4.69) is 45.9 Å². The fourth-order valence-corrected chi connectivity index (χ4v) is 7.08. The Hall–Kier alpha value is -1.03. The Bertz CT molecular complexity index is 635. The Morgan fingerprint density at radius 1 is 1.09 bits per heavy atom. The first-order valence-corrected chi connectivity index (χ1v) is 9.66. The number of hydrogen-bond acceptors (Lipinski definition) is 1. The lowest BCUT2D eigenvalue weighted by Gasteiger charge is -2.57. The third-order valence-corrected chi connectivity index (χ3v) is 8.73. The summed E-state index contributed by atoms with van der Waals surface area (Å²) in [5, 5.41) is 9.84. The molecule has 0 aliphatic heterocycles. The summed E-state index contributed by atoms with van der Waals surface area (Å²) in [5.41, 5.74) is 3.70. The van der Waals surface area contributed by atoms with E-state index < -0.39 is 0 Å². The average molecular weight is 309 g/mol.